The number of ether oxygens (including phenoxy) is 2. The van der Waals surface area contributed by atoms with Crippen molar-refractivity contribution in [2.45, 2.75) is 32.0 Å². The quantitative estimate of drug-likeness (QED) is 0.835. The van der Waals surface area contributed by atoms with Crippen molar-refractivity contribution < 1.29 is 9.47 Å². The molecule has 1 aromatic rings. The van der Waals surface area contributed by atoms with Gasteiger partial charge in [-0.1, -0.05) is 6.07 Å². The summed E-state index contributed by atoms with van der Waals surface area (Å²) in [6.07, 6.45) is 3.24. The van der Waals surface area contributed by atoms with E-state index in [0.717, 1.165) is 19.6 Å². The average molecular weight is 222 g/mol. The number of methoxy groups -OCH3 is 1. The highest BCUT2D eigenvalue weighted by Gasteiger charge is 2.23. The van der Waals surface area contributed by atoms with Crippen LogP contribution < -0.4 is 10.1 Å². The first-order valence-electron chi connectivity index (χ1n) is 5.63. The molecule has 2 heterocycles. The van der Waals surface area contributed by atoms with E-state index < -0.39 is 0 Å². The second-order valence-electron chi connectivity index (χ2n) is 4.06. The number of nitrogens with one attached hydrogen (secondary N) is 1. The summed E-state index contributed by atoms with van der Waals surface area (Å²) in [7, 11) is 1.62. The predicted octanol–water partition coefficient (Wildman–Crippen LogP) is 1.36. The number of aromatic nitrogens is 1. The van der Waals surface area contributed by atoms with Gasteiger partial charge >= 0.3 is 0 Å². The zero-order valence-electron chi connectivity index (χ0n) is 9.77. The minimum atomic E-state index is 0.311. The van der Waals surface area contributed by atoms with Crippen molar-refractivity contribution in [3.05, 3.63) is 23.9 Å². The smallest absolute Gasteiger partial charge is 0.212 e. The Kier molecular flexibility index (Phi) is 3.74. The van der Waals surface area contributed by atoms with Crippen LogP contribution in [0.5, 0.6) is 5.88 Å². The highest BCUT2D eigenvalue weighted by atomic mass is 16.5. The molecular formula is C12H18N2O2. The van der Waals surface area contributed by atoms with Gasteiger partial charge in [-0.25, -0.2) is 4.98 Å². The van der Waals surface area contributed by atoms with Crippen molar-refractivity contribution in [3.8, 4) is 5.88 Å². The van der Waals surface area contributed by atoms with Crippen LogP contribution in [0.15, 0.2) is 18.3 Å². The van der Waals surface area contributed by atoms with Crippen molar-refractivity contribution in [1.82, 2.24) is 10.3 Å². The van der Waals surface area contributed by atoms with Crippen LogP contribution in [0.1, 0.15) is 18.9 Å². The van der Waals surface area contributed by atoms with Gasteiger partial charge in [0.1, 0.15) is 0 Å². The summed E-state index contributed by atoms with van der Waals surface area (Å²) < 4.78 is 10.5. The van der Waals surface area contributed by atoms with Crippen LogP contribution in [0, 0.1) is 0 Å². The van der Waals surface area contributed by atoms with E-state index in [1.807, 2.05) is 18.3 Å². The SMILES string of the molecule is COc1ccc(CNC2CCOC2C)cn1. The largest absolute Gasteiger partial charge is 0.481 e. The summed E-state index contributed by atoms with van der Waals surface area (Å²) >= 11 is 0. The maximum Gasteiger partial charge on any atom is 0.212 e. The second kappa shape index (κ2) is 5.27. The van der Waals surface area contributed by atoms with Gasteiger partial charge < -0.3 is 14.8 Å². The molecule has 2 atom stereocenters. The first kappa shape index (κ1) is 11.4. The molecule has 0 saturated carbocycles. The van der Waals surface area contributed by atoms with Gasteiger partial charge in [-0.2, -0.15) is 0 Å². The first-order chi connectivity index (χ1) is 7.79. The third-order valence-electron chi connectivity index (χ3n) is 2.95. The van der Waals surface area contributed by atoms with Gasteiger partial charge in [-0.05, 0) is 18.9 Å². The molecule has 4 heteroatoms. The molecule has 1 fully saturated rings. The number of hydrogen-bond acceptors (Lipinski definition) is 4. The Balaban J connectivity index is 1.84. The number of rotatable bonds is 4. The number of pyridine rings is 1. The van der Waals surface area contributed by atoms with Gasteiger partial charge in [0.2, 0.25) is 5.88 Å². The highest BCUT2D eigenvalue weighted by molar-refractivity contribution is 5.17. The summed E-state index contributed by atoms with van der Waals surface area (Å²) in [4.78, 5) is 4.17. The Bertz CT molecular complexity index is 326. The molecule has 1 aromatic heterocycles. The fraction of sp³-hybridized carbons (Fsp3) is 0.583. The monoisotopic (exact) mass is 222 g/mol. The summed E-state index contributed by atoms with van der Waals surface area (Å²) in [6.45, 7) is 3.80. The molecule has 1 saturated heterocycles. The van der Waals surface area contributed by atoms with Crippen LogP contribution in [-0.4, -0.2) is 30.8 Å². The van der Waals surface area contributed by atoms with Gasteiger partial charge in [-0.3, -0.25) is 0 Å². The fourth-order valence-corrected chi connectivity index (χ4v) is 1.88. The molecule has 88 valence electrons. The summed E-state index contributed by atoms with van der Waals surface area (Å²) in [5, 5.41) is 3.48. The maximum atomic E-state index is 5.49. The van der Waals surface area contributed by atoms with Crippen LogP contribution >= 0.6 is 0 Å². The van der Waals surface area contributed by atoms with E-state index in [-0.39, 0.29) is 0 Å². The molecule has 1 N–H and O–H groups in total. The zero-order valence-corrected chi connectivity index (χ0v) is 9.77. The van der Waals surface area contributed by atoms with Crippen LogP contribution in [0.25, 0.3) is 0 Å². The Morgan fingerprint density at radius 1 is 1.56 bits per heavy atom. The molecular weight excluding hydrogens is 204 g/mol. The lowest BCUT2D eigenvalue weighted by atomic mass is 10.1. The van der Waals surface area contributed by atoms with Gasteiger partial charge in [0.05, 0.1) is 13.2 Å². The minimum Gasteiger partial charge on any atom is -0.481 e. The third kappa shape index (κ3) is 2.71. The topological polar surface area (TPSA) is 43.4 Å². The lowest BCUT2D eigenvalue weighted by Gasteiger charge is -2.15. The molecule has 0 aliphatic carbocycles. The molecule has 2 rings (SSSR count). The highest BCUT2D eigenvalue weighted by Crippen LogP contribution is 2.13. The van der Waals surface area contributed by atoms with Crippen molar-refractivity contribution in [2.75, 3.05) is 13.7 Å². The van der Waals surface area contributed by atoms with Gasteiger partial charge in [-0.15, -0.1) is 0 Å². The minimum absolute atomic E-state index is 0.311. The third-order valence-corrected chi connectivity index (χ3v) is 2.95. The van der Waals surface area contributed by atoms with Crippen molar-refractivity contribution >= 4 is 0 Å². The molecule has 2 unspecified atom stereocenters. The molecule has 4 nitrogen and oxygen atoms in total. The molecule has 1 aliphatic rings. The molecule has 0 aromatic carbocycles. The Hall–Kier alpha value is -1.13. The molecule has 16 heavy (non-hydrogen) atoms. The van der Waals surface area contributed by atoms with Crippen LogP contribution in [0.3, 0.4) is 0 Å². The van der Waals surface area contributed by atoms with Gasteiger partial charge in [0.25, 0.3) is 0 Å². The maximum absolute atomic E-state index is 5.49. The predicted molar refractivity (Wildman–Crippen MR) is 61.4 cm³/mol. The van der Waals surface area contributed by atoms with E-state index in [1.165, 1.54) is 5.56 Å². The lowest BCUT2D eigenvalue weighted by molar-refractivity contribution is 0.113. The molecule has 0 bridgehead atoms. The number of hydrogen-bond donors (Lipinski definition) is 1. The van der Waals surface area contributed by atoms with E-state index in [0.29, 0.717) is 18.0 Å². The Morgan fingerprint density at radius 2 is 2.44 bits per heavy atom. The molecule has 0 spiro atoms. The summed E-state index contributed by atoms with van der Waals surface area (Å²) in [5.74, 6) is 0.654. The summed E-state index contributed by atoms with van der Waals surface area (Å²) in [6, 6.07) is 4.37. The van der Waals surface area contributed by atoms with Crippen molar-refractivity contribution in [3.63, 3.8) is 0 Å². The van der Waals surface area contributed by atoms with Gasteiger partial charge in [0, 0.05) is 31.5 Å². The van der Waals surface area contributed by atoms with Crippen molar-refractivity contribution in [1.29, 1.82) is 0 Å². The Morgan fingerprint density at radius 3 is 3.00 bits per heavy atom. The molecule has 0 amide bonds. The van der Waals surface area contributed by atoms with Gasteiger partial charge in [0.15, 0.2) is 0 Å². The normalized spacial score (nSPS) is 24.6. The van der Waals surface area contributed by atoms with Crippen LogP contribution in [0.2, 0.25) is 0 Å². The zero-order chi connectivity index (χ0) is 11.4. The van der Waals surface area contributed by atoms with Crippen LogP contribution in [-0.2, 0) is 11.3 Å². The lowest BCUT2D eigenvalue weighted by Crippen LogP contribution is -2.34. The van der Waals surface area contributed by atoms with E-state index in [9.17, 15) is 0 Å². The first-order valence-corrected chi connectivity index (χ1v) is 5.63. The van der Waals surface area contributed by atoms with E-state index >= 15 is 0 Å². The van der Waals surface area contributed by atoms with Crippen molar-refractivity contribution in [2.24, 2.45) is 0 Å². The number of nitrogens with zero attached hydrogens (tertiary/aromatic N) is 1. The standard InChI is InChI=1S/C12H18N2O2/c1-9-11(5-6-16-9)13-7-10-3-4-12(15-2)14-8-10/h3-4,8-9,11,13H,5-7H2,1-2H3. The van der Waals surface area contributed by atoms with E-state index in [4.69, 9.17) is 9.47 Å². The fourth-order valence-electron chi connectivity index (χ4n) is 1.88. The summed E-state index contributed by atoms with van der Waals surface area (Å²) in [5.41, 5.74) is 1.17. The second-order valence-corrected chi connectivity index (χ2v) is 4.06. The van der Waals surface area contributed by atoms with E-state index in [2.05, 4.69) is 17.2 Å². The van der Waals surface area contributed by atoms with E-state index in [1.54, 1.807) is 7.11 Å². The van der Waals surface area contributed by atoms with Crippen LogP contribution in [0.4, 0.5) is 0 Å². The Labute approximate surface area is 96.0 Å². The molecule has 0 radical (unpaired) electrons. The molecule has 1 aliphatic heterocycles. The average Bonchev–Trinajstić information content (AvgIpc) is 2.73.